The average Bonchev–Trinajstić information content (AvgIpc) is 3.29. The van der Waals surface area contributed by atoms with Gasteiger partial charge in [0, 0.05) is 17.8 Å². The van der Waals surface area contributed by atoms with Gasteiger partial charge in [-0.3, -0.25) is 0 Å². The van der Waals surface area contributed by atoms with Crippen molar-refractivity contribution >= 4 is 18.0 Å². The van der Waals surface area contributed by atoms with Gasteiger partial charge in [0.1, 0.15) is 5.82 Å². The minimum atomic E-state index is 0.573. The van der Waals surface area contributed by atoms with Gasteiger partial charge in [-0.25, -0.2) is 9.97 Å². The van der Waals surface area contributed by atoms with Gasteiger partial charge in [0.25, 0.3) is 0 Å². The molecule has 4 heteroatoms. The number of hydrogen-bond acceptors (Lipinski definition) is 4. The van der Waals surface area contributed by atoms with Gasteiger partial charge in [-0.2, -0.15) is 5.26 Å². The lowest BCUT2D eigenvalue weighted by molar-refractivity contribution is 1.04. The van der Waals surface area contributed by atoms with E-state index in [4.69, 9.17) is 5.26 Å². The molecule has 0 bridgehead atoms. The van der Waals surface area contributed by atoms with Crippen molar-refractivity contribution < 1.29 is 0 Å². The molecule has 0 spiro atoms. The van der Waals surface area contributed by atoms with Crippen molar-refractivity contribution in [3.63, 3.8) is 0 Å². The van der Waals surface area contributed by atoms with Gasteiger partial charge in [-0.05, 0) is 43.5 Å². The molecule has 0 amide bonds. The molecule has 104 valence electrons. The van der Waals surface area contributed by atoms with Crippen LogP contribution in [0.5, 0.6) is 0 Å². The molecule has 0 atom stereocenters. The molecule has 21 heavy (non-hydrogen) atoms. The Morgan fingerprint density at radius 2 is 2.10 bits per heavy atom. The number of benzene rings is 1. The first-order valence-corrected chi connectivity index (χ1v) is 7.03. The van der Waals surface area contributed by atoms with E-state index in [1.165, 1.54) is 12.8 Å². The maximum atomic E-state index is 8.90. The highest BCUT2D eigenvalue weighted by Gasteiger charge is 2.21. The quantitative estimate of drug-likeness (QED) is 0.929. The Kier molecular flexibility index (Phi) is 3.65. The zero-order valence-corrected chi connectivity index (χ0v) is 11.9. The zero-order chi connectivity index (χ0) is 14.7. The Morgan fingerprint density at radius 3 is 2.86 bits per heavy atom. The van der Waals surface area contributed by atoms with Gasteiger partial charge in [-0.15, -0.1) is 0 Å². The lowest BCUT2D eigenvalue weighted by atomic mass is 10.1. The van der Waals surface area contributed by atoms with Crippen LogP contribution < -0.4 is 5.32 Å². The largest absolute Gasteiger partial charge is 0.367 e. The maximum absolute atomic E-state index is 8.90. The predicted molar refractivity (Wildman–Crippen MR) is 83.5 cm³/mol. The van der Waals surface area contributed by atoms with Crippen LogP contribution in [-0.2, 0) is 0 Å². The van der Waals surface area contributed by atoms with Crippen molar-refractivity contribution in [2.24, 2.45) is 0 Å². The fraction of sp³-hybridized carbons (Fsp3) is 0.235. The second kappa shape index (κ2) is 5.76. The Morgan fingerprint density at radius 1 is 1.24 bits per heavy atom. The summed E-state index contributed by atoms with van der Waals surface area (Å²) >= 11 is 0. The molecule has 0 unspecified atom stereocenters. The van der Waals surface area contributed by atoms with E-state index >= 15 is 0 Å². The van der Waals surface area contributed by atoms with E-state index in [-0.39, 0.29) is 0 Å². The first-order chi connectivity index (χ1) is 10.2. The molecule has 1 saturated carbocycles. The third kappa shape index (κ3) is 3.67. The van der Waals surface area contributed by atoms with Crippen LogP contribution in [0.2, 0.25) is 0 Å². The SMILES string of the molecule is Cc1cc(NC2CC2)nc(/C=C/c2cccc(C#N)c2)n1. The van der Waals surface area contributed by atoms with E-state index in [2.05, 4.69) is 21.4 Å². The highest BCUT2D eigenvalue weighted by atomic mass is 15.1. The number of aromatic nitrogens is 2. The second-order valence-electron chi connectivity index (χ2n) is 5.24. The lowest BCUT2D eigenvalue weighted by Crippen LogP contribution is -2.05. The third-order valence-corrected chi connectivity index (χ3v) is 3.24. The second-order valence-corrected chi connectivity index (χ2v) is 5.24. The van der Waals surface area contributed by atoms with Crippen LogP contribution in [-0.4, -0.2) is 16.0 Å². The normalized spacial score (nSPS) is 14.1. The summed E-state index contributed by atoms with van der Waals surface area (Å²) < 4.78 is 0. The van der Waals surface area contributed by atoms with Crippen molar-refractivity contribution in [3.05, 3.63) is 53.0 Å². The number of hydrogen-bond donors (Lipinski definition) is 1. The lowest BCUT2D eigenvalue weighted by Gasteiger charge is -2.05. The van der Waals surface area contributed by atoms with E-state index in [9.17, 15) is 0 Å². The smallest absolute Gasteiger partial charge is 0.154 e. The molecule has 1 aliphatic carbocycles. The van der Waals surface area contributed by atoms with Crippen molar-refractivity contribution in [1.29, 1.82) is 5.26 Å². The van der Waals surface area contributed by atoms with Crippen LogP contribution in [0.1, 0.15) is 35.5 Å². The highest BCUT2D eigenvalue weighted by Crippen LogP contribution is 2.24. The summed E-state index contributed by atoms with van der Waals surface area (Å²) in [6.45, 7) is 1.97. The summed E-state index contributed by atoms with van der Waals surface area (Å²) in [5.74, 6) is 1.57. The molecule has 0 aliphatic heterocycles. The fourth-order valence-corrected chi connectivity index (χ4v) is 2.06. The third-order valence-electron chi connectivity index (χ3n) is 3.24. The monoisotopic (exact) mass is 276 g/mol. The van der Waals surface area contributed by atoms with Crippen LogP contribution in [0.25, 0.3) is 12.2 Å². The number of nitrogens with one attached hydrogen (secondary N) is 1. The van der Waals surface area contributed by atoms with E-state index in [0.717, 1.165) is 17.1 Å². The maximum Gasteiger partial charge on any atom is 0.154 e. The van der Waals surface area contributed by atoms with Crippen LogP contribution in [0, 0.1) is 18.3 Å². The first-order valence-electron chi connectivity index (χ1n) is 7.03. The zero-order valence-electron chi connectivity index (χ0n) is 11.9. The van der Waals surface area contributed by atoms with Crippen LogP contribution in [0.3, 0.4) is 0 Å². The molecule has 0 radical (unpaired) electrons. The molecule has 1 aliphatic rings. The van der Waals surface area contributed by atoms with Gasteiger partial charge in [0.15, 0.2) is 5.82 Å². The van der Waals surface area contributed by atoms with E-state index < -0.39 is 0 Å². The number of aryl methyl sites for hydroxylation is 1. The predicted octanol–water partition coefficient (Wildman–Crippen LogP) is 3.40. The van der Waals surface area contributed by atoms with Crippen molar-refractivity contribution in [2.45, 2.75) is 25.8 Å². The number of nitrogens with zero attached hydrogens (tertiary/aromatic N) is 3. The van der Waals surface area contributed by atoms with Gasteiger partial charge in [0.05, 0.1) is 11.6 Å². The summed E-state index contributed by atoms with van der Waals surface area (Å²) in [6, 6.07) is 12.1. The number of rotatable bonds is 4. The van der Waals surface area contributed by atoms with E-state index in [1.807, 2.05) is 43.3 Å². The van der Waals surface area contributed by atoms with Gasteiger partial charge < -0.3 is 5.32 Å². The first kappa shape index (κ1) is 13.3. The number of anilines is 1. The van der Waals surface area contributed by atoms with Crippen molar-refractivity contribution in [3.8, 4) is 6.07 Å². The van der Waals surface area contributed by atoms with Gasteiger partial charge >= 0.3 is 0 Å². The molecule has 1 fully saturated rings. The van der Waals surface area contributed by atoms with Gasteiger partial charge in [0.2, 0.25) is 0 Å². The molecule has 0 saturated heterocycles. The Labute approximate surface area is 124 Å². The average molecular weight is 276 g/mol. The molecule has 1 heterocycles. The molecule has 3 rings (SSSR count). The Hall–Kier alpha value is -2.67. The van der Waals surface area contributed by atoms with Crippen LogP contribution >= 0.6 is 0 Å². The van der Waals surface area contributed by atoms with E-state index in [0.29, 0.717) is 17.4 Å². The Balaban J connectivity index is 1.81. The summed E-state index contributed by atoms with van der Waals surface area (Å²) in [5.41, 5.74) is 2.56. The number of nitriles is 1. The summed E-state index contributed by atoms with van der Waals surface area (Å²) in [7, 11) is 0. The highest BCUT2D eigenvalue weighted by molar-refractivity contribution is 5.68. The van der Waals surface area contributed by atoms with Crippen LogP contribution in [0.15, 0.2) is 30.3 Å². The molecule has 1 aromatic carbocycles. The minimum absolute atomic E-state index is 0.573. The molecule has 1 aromatic heterocycles. The fourth-order valence-electron chi connectivity index (χ4n) is 2.06. The van der Waals surface area contributed by atoms with E-state index in [1.54, 1.807) is 6.07 Å². The molecular formula is C17H16N4. The standard InChI is InChI=1S/C17H16N4/c1-12-9-17(20-15-6-7-15)21-16(19-12)8-5-13-3-2-4-14(10-13)11-18/h2-5,8-10,15H,6-7H2,1H3,(H,19,20,21)/b8-5+. The summed E-state index contributed by atoms with van der Waals surface area (Å²) in [4.78, 5) is 8.91. The van der Waals surface area contributed by atoms with Gasteiger partial charge in [-0.1, -0.05) is 18.2 Å². The van der Waals surface area contributed by atoms with Crippen molar-refractivity contribution in [2.75, 3.05) is 5.32 Å². The van der Waals surface area contributed by atoms with Crippen molar-refractivity contribution in [1.82, 2.24) is 9.97 Å². The summed E-state index contributed by atoms with van der Waals surface area (Å²) in [6.07, 6.45) is 6.24. The topological polar surface area (TPSA) is 61.6 Å². The molecule has 4 nitrogen and oxygen atoms in total. The minimum Gasteiger partial charge on any atom is -0.367 e. The summed E-state index contributed by atoms with van der Waals surface area (Å²) in [5, 5.41) is 12.3. The van der Waals surface area contributed by atoms with Crippen LogP contribution in [0.4, 0.5) is 5.82 Å². The Bertz CT molecular complexity index is 724. The molecule has 2 aromatic rings. The molecule has 1 N–H and O–H groups in total. The molecular weight excluding hydrogens is 260 g/mol.